The first-order valence-electron chi connectivity index (χ1n) is 7.79. The van der Waals surface area contributed by atoms with Gasteiger partial charge in [-0.3, -0.25) is 10.1 Å². The largest absolute Gasteiger partial charge is 0.495 e. The predicted molar refractivity (Wildman–Crippen MR) is 98.0 cm³/mol. The Morgan fingerprint density at radius 3 is 2.48 bits per heavy atom. The van der Waals surface area contributed by atoms with Crippen LogP contribution in [-0.2, 0) is 4.79 Å². The number of rotatable bonds is 6. The molecule has 0 saturated carbocycles. The van der Waals surface area contributed by atoms with E-state index in [4.69, 9.17) is 16.3 Å². The lowest BCUT2D eigenvalue weighted by atomic mass is 10.1. The topological polar surface area (TPSA) is 79.5 Å². The number of methoxy groups -OCH3 is 1. The molecule has 2 aromatic rings. The third-order valence-corrected chi connectivity index (χ3v) is 3.73. The van der Waals surface area contributed by atoms with Gasteiger partial charge in [-0.2, -0.15) is 0 Å². The molecule has 0 radical (unpaired) electrons. The number of benzene rings is 2. The lowest BCUT2D eigenvalue weighted by Crippen LogP contribution is -2.43. The van der Waals surface area contributed by atoms with Gasteiger partial charge in [0, 0.05) is 12.2 Å². The average Bonchev–Trinajstić information content (AvgIpc) is 2.60. The van der Waals surface area contributed by atoms with E-state index in [1.165, 1.54) is 7.11 Å². The van der Waals surface area contributed by atoms with E-state index in [2.05, 4.69) is 16.0 Å². The molecule has 132 valence electrons. The zero-order valence-electron chi connectivity index (χ0n) is 14.0. The van der Waals surface area contributed by atoms with Crippen LogP contribution >= 0.6 is 11.6 Å². The number of ether oxygens (including phenoxy) is 1. The van der Waals surface area contributed by atoms with E-state index in [0.717, 1.165) is 5.56 Å². The van der Waals surface area contributed by atoms with Crippen LogP contribution in [0.15, 0.2) is 48.5 Å². The van der Waals surface area contributed by atoms with Crippen LogP contribution in [0.2, 0.25) is 5.02 Å². The summed E-state index contributed by atoms with van der Waals surface area (Å²) in [6.45, 7) is 2.20. The van der Waals surface area contributed by atoms with Gasteiger partial charge in [0.1, 0.15) is 11.8 Å². The fraction of sp³-hybridized carbons (Fsp3) is 0.222. The third-order valence-electron chi connectivity index (χ3n) is 3.43. The van der Waals surface area contributed by atoms with Crippen molar-refractivity contribution in [1.82, 2.24) is 10.6 Å². The summed E-state index contributed by atoms with van der Waals surface area (Å²) in [6.07, 6.45) is 0. The number of carbonyl (C=O) groups excluding carboxylic acids is 2. The zero-order valence-corrected chi connectivity index (χ0v) is 14.8. The van der Waals surface area contributed by atoms with Crippen molar-refractivity contribution in [2.24, 2.45) is 0 Å². The second-order valence-electron chi connectivity index (χ2n) is 5.19. The number of hydrogen-bond donors (Lipinski definition) is 3. The number of halogens is 1. The number of anilines is 1. The molecule has 3 amide bonds. The average molecular weight is 362 g/mol. The van der Waals surface area contributed by atoms with E-state index in [0.29, 0.717) is 23.0 Å². The molecular formula is C18H20ClN3O3. The summed E-state index contributed by atoms with van der Waals surface area (Å²) in [5, 5.41) is 8.38. The quantitative estimate of drug-likeness (QED) is 0.737. The van der Waals surface area contributed by atoms with Crippen LogP contribution < -0.4 is 20.7 Å². The standard InChI is InChI=1S/C18H20ClN3O3/c1-3-20-18(24)22-17(23)16(12-7-5-4-6-8-12)21-13-9-10-15(25-2)14(19)11-13/h4-11,16,21H,3H2,1-2H3,(H2,20,22,23,24)/t16-/m0/s1. The molecular weight excluding hydrogens is 342 g/mol. The minimum Gasteiger partial charge on any atom is -0.495 e. The number of hydrogen-bond acceptors (Lipinski definition) is 4. The van der Waals surface area contributed by atoms with Crippen LogP contribution in [-0.4, -0.2) is 25.6 Å². The van der Waals surface area contributed by atoms with Gasteiger partial charge in [-0.1, -0.05) is 41.9 Å². The number of amides is 3. The van der Waals surface area contributed by atoms with E-state index in [1.807, 2.05) is 18.2 Å². The van der Waals surface area contributed by atoms with Crippen molar-refractivity contribution in [2.75, 3.05) is 19.0 Å². The first kappa shape index (κ1) is 18.6. The summed E-state index contributed by atoms with van der Waals surface area (Å²) in [5.41, 5.74) is 1.35. The lowest BCUT2D eigenvalue weighted by Gasteiger charge is -2.20. The highest BCUT2D eigenvalue weighted by Gasteiger charge is 2.22. The molecule has 0 aliphatic rings. The fourth-order valence-corrected chi connectivity index (χ4v) is 2.52. The Morgan fingerprint density at radius 1 is 1.16 bits per heavy atom. The summed E-state index contributed by atoms with van der Waals surface area (Å²) in [4.78, 5) is 24.2. The fourth-order valence-electron chi connectivity index (χ4n) is 2.26. The van der Waals surface area contributed by atoms with Crippen LogP contribution in [0.5, 0.6) is 5.75 Å². The molecule has 0 aliphatic carbocycles. The van der Waals surface area contributed by atoms with Gasteiger partial charge in [0.05, 0.1) is 12.1 Å². The predicted octanol–water partition coefficient (Wildman–Crippen LogP) is 3.35. The van der Waals surface area contributed by atoms with Gasteiger partial charge in [0.25, 0.3) is 5.91 Å². The Morgan fingerprint density at radius 2 is 1.88 bits per heavy atom. The van der Waals surface area contributed by atoms with Crippen LogP contribution in [0.1, 0.15) is 18.5 Å². The highest BCUT2D eigenvalue weighted by molar-refractivity contribution is 6.32. The zero-order chi connectivity index (χ0) is 18.2. The van der Waals surface area contributed by atoms with Crippen LogP contribution in [0, 0.1) is 0 Å². The third kappa shape index (κ3) is 5.12. The van der Waals surface area contributed by atoms with E-state index in [1.54, 1.807) is 37.3 Å². The maximum Gasteiger partial charge on any atom is 0.321 e. The van der Waals surface area contributed by atoms with Gasteiger partial charge in [0.15, 0.2) is 0 Å². The van der Waals surface area contributed by atoms with E-state index in [-0.39, 0.29) is 0 Å². The maximum atomic E-state index is 12.5. The SMILES string of the molecule is CCNC(=O)NC(=O)[C@@H](Nc1ccc(OC)c(Cl)c1)c1ccccc1. The maximum absolute atomic E-state index is 12.5. The van der Waals surface area contributed by atoms with Crippen molar-refractivity contribution >= 4 is 29.2 Å². The molecule has 7 heteroatoms. The summed E-state index contributed by atoms with van der Waals surface area (Å²) in [7, 11) is 1.53. The van der Waals surface area contributed by atoms with Crippen molar-refractivity contribution in [3.05, 3.63) is 59.1 Å². The van der Waals surface area contributed by atoms with E-state index < -0.39 is 18.0 Å². The summed E-state index contributed by atoms with van der Waals surface area (Å²) >= 11 is 6.13. The number of urea groups is 1. The molecule has 0 unspecified atom stereocenters. The molecule has 2 aromatic carbocycles. The lowest BCUT2D eigenvalue weighted by molar-refractivity contribution is -0.120. The minimum absolute atomic E-state index is 0.420. The molecule has 0 aliphatic heterocycles. The molecule has 0 bridgehead atoms. The second kappa shape index (κ2) is 8.94. The highest BCUT2D eigenvalue weighted by atomic mass is 35.5. The van der Waals surface area contributed by atoms with Gasteiger partial charge in [-0.05, 0) is 30.7 Å². The Hall–Kier alpha value is -2.73. The van der Waals surface area contributed by atoms with Crippen molar-refractivity contribution in [3.8, 4) is 5.75 Å². The summed E-state index contributed by atoms with van der Waals surface area (Å²) in [5.74, 6) is 0.0688. The molecule has 0 heterocycles. The van der Waals surface area contributed by atoms with Gasteiger partial charge >= 0.3 is 6.03 Å². The molecule has 25 heavy (non-hydrogen) atoms. The van der Waals surface area contributed by atoms with Crippen LogP contribution in [0.25, 0.3) is 0 Å². The molecule has 0 aromatic heterocycles. The van der Waals surface area contributed by atoms with Crippen molar-refractivity contribution in [3.63, 3.8) is 0 Å². The second-order valence-corrected chi connectivity index (χ2v) is 5.59. The van der Waals surface area contributed by atoms with Crippen molar-refractivity contribution in [1.29, 1.82) is 0 Å². The summed E-state index contributed by atoms with van der Waals surface area (Å²) < 4.78 is 5.12. The molecule has 3 N–H and O–H groups in total. The Kier molecular flexibility index (Phi) is 6.65. The molecule has 0 spiro atoms. The van der Waals surface area contributed by atoms with E-state index in [9.17, 15) is 9.59 Å². The Bertz CT molecular complexity index is 738. The van der Waals surface area contributed by atoms with Gasteiger partial charge < -0.3 is 15.4 Å². The Labute approximate surface area is 151 Å². The molecule has 2 rings (SSSR count). The molecule has 1 atom stereocenters. The first-order valence-corrected chi connectivity index (χ1v) is 8.16. The van der Waals surface area contributed by atoms with Gasteiger partial charge in [-0.15, -0.1) is 0 Å². The Balaban J connectivity index is 2.24. The highest BCUT2D eigenvalue weighted by Crippen LogP contribution is 2.29. The van der Waals surface area contributed by atoms with Crippen molar-refractivity contribution < 1.29 is 14.3 Å². The number of carbonyl (C=O) groups is 2. The molecule has 6 nitrogen and oxygen atoms in total. The van der Waals surface area contributed by atoms with Crippen LogP contribution in [0.3, 0.4) is 0 Å². The molecule has 0 fully saturated rings. The molecule has 0 saturated heterocycles. The number of nitrogens with one attached hydrogen (secondary N) is 3. The smallest absolute Gasteiger partial charge is 0.321 e. The number of imide groups is 1. The van der Waals surface area contributed by atoms with Crippen molar-refractivity contribution in [2.45, 2.75) is 13.0 Å². The summed E-state index contributed by atoms with van der Waals surface area (Å²) in [6, 6.07) is 12.9. The van der Waals surface area contributed by atoms with Crippen LogP contribution in [0.4, 0.5) is 10.5 Å². The van der Waals surface area contributed by atoms with Gasteiger partial charge in [-0.25, -0.2) is 4.79 Å². The first-order chi connectivity index (χ1) is 12.0. The van der Waals surface area contributed by atoms with E-state index >= 15 is 0 Å². The van der Waals surface area contributed by atoms with Gasteiger partial charge in [0.2, 0.25) is 0 Å². The monoisotopic (exact) mass is 361 g/mol. The minimum atomic E-state index is -0.756. The normalized spacial score (nSPS) is 11.3.